The van der Waals surface area contributed by atoms with E-state index in [1.165, 1.54) is 0 Å². The number of nitrogens with one attached hydrogen (secondary N) is 2. The zero-order chi connectivity index (χ0) is 15.2. The van der Waals surface area contributed by atoms with Crippen molar-refractivity contribution in [3.05, 3.63) is 35.9 Å². The molecule has 114 valence electrons. The van der Waals surface area contributed by atoms with Crippen molar-refractivity contribution in [1.29, 1.82) is 0 Å². The Labute approximate surface area is 125 Å². The van der Waals surface area contributed by atoms with Crippen molar-refractivity contribution >= 4 is 11.8 Å². The predicted molar refractivity (Wildman–Crippen MR) is 81.4 cm³/mol. The highest BCUT2D eigenvalue weighted by atomic mass is 16.2. The molecule has 1 aromatic rings. The molecule has 1 heterocycles. The minimum absolute atomic E-state index is 0.0389. The summed E-state index contributed by atoms with van der Waals surface area (Å²) in [6.07, 6.45) is 0. The van der Waals surface area contributed by atoms with Gasteiger partial charge in [-0.25, -0.2) is 0 Å². The minimum atomic E-state index is -0.0777. The van der Waals surface area contributed by atoms with Gasteiger partial charge in [0.05, 0.1) is 6.54 Å². The molecule has 1 atom stereocenters. The second-order valence-corrected chi connectivity index (χ2v) is 5.66. The van der Waals surface area contributed by atoms with Crippen molar-refractivity contribution < 1.29 is 9.59 Å². The second-order valence-electron chi connectivity index (χ2n) is 5.66. The zero-order valence-electron chi connectivity index (χ0n) is 12.6. The molecule has 2 amide bonds. The molecule has 5 nitrogen and oxygen atoms in total. The Morgan fingerprint density at radius 3 is 2.57 bits per heavy atom. The number of benzene rings is 1. The topological polar surface area (TPSA) is 61.4 Å². The van der Waals surface area contributed by atoms with Crippen molar-refractivity contribution in [3.8, 4) is 0 Å². The molecule has 1 unspecified atom stereocenters. The molecule has 2 N–H and O–H groups in total. The van der Waals surface area contributed by atoms with Crippen molar-refractivity contribution in [3.63, 3.8) is 0 Å². The summed E-state index contributed by atoms with van der Waals surface area (Å²) in [4.78, 5) is 25.6. The Morgan fingerprint density at radius 1 is 1.33 bits per heavy atom. The molecule has 0 saturated carbocycles. The number of hydrogen-bond donors (Lipinski definition) is 2. The van der Waals surface area contributed by atoms with E-state index in [4.69, 9.17) is 0 Å². The van der Waals surface area contributed by atoms with Gasteiger partial charge in [0.25, 0.3) is 0 Å². The number of carbonyl (C=O) groups is 2. The van der Waals surface area contributed by atoms with E-state index in [9.17, 15) is 9.59 Å². The standard InChI is InChI=1S/C16H23N3O2/c1-12(14-8-17-9-14)16(21)18-10-15(20)19(2)11-13-6-4-3-5-7-13/h3-7,12,14,17H,8-11H2,1-2H3,(H,18,21). The van der Waals surface area contributed by atoms with E-state index in [2.05, 4.69) is 10.6 Å². The molecule has 0 aliphatic carbocycles. The van der Waals surface area contributed by atoms with E-state index in [-0.39, 0.29) is 24.3 Å². The van der Waals surface area contributed by atoms with Crippen molar-refractivity contribution in [2.24, 2.45) is 11.8 Å². The van der Waals surface area contributed by atoms with Gasteiger partial charge in [0.1, 0.15) is 0 Å². The molecule has 5 heteroatoms. The highest BCUT2D eigenvalue weighted by Crippen LogP contribution is 2.15. The highest BCUT2D eigenvalue weighted by Gasteiger charge is 2.28. The number of nitrogens with zero attached hydrogens (tertiary/aromatic N) is 1. The lowest BCUT2D eigenvalue weighted by Crippen LogP contribution is -2.50. The largest absolute Gasteiger partial charge is 0.347 e. The summed E-state index contributed by atoms with van der Waals surface area (Å²) >= 11 is 0. The lowest BCUT2D eigenvalue weighted by molar-refractivity contribution is -0.134. The van der Waals surface area contributed by atoms with Gasteiger partial charge in [-0.2, -0.15) is 0 Å². The van der Waals surface area contributed by atoms with Gasteiger partial charge in [-0.3, -0.25) is 9.59 Å². The Morgan fingerprint density at radius 2 is 2.00 bits per heavy atom. The Bertz CT molecular complexity index is 486. The molecule has 1 saturated heterocycles. The normalized spacial score (nSPS) is 15.9. The van der Waals surface area contributed by atoms with E-state index in [0.29, 0.717) is 12.5 Å². The van der Waals surface area contributed by atoms with E-state index in [1.54, 1.807) is 11.9 Å². The third-order valence-corrected chi connectivity index (χ3v) is 4.04. The fourth-order valence-corrected chi connectivity index (χ4v) is 2.28. The van der Waals surface area contributed by atoms with Gasteiger partial charge in [0.15, 0.2) is 0 Å². The van der Waals surface area contributed by atoms with Crippen LogP contribution in [0.5, 0.6) is 0 Å². The maximum absolute atomic E-state index is 12.0. The van der Waals surface area contributed by atoms with Crippen LogP contribution in [0, 0.1) is 11.8 Å². The molecule has 1 fully saturated rings. The van der Waals surface area contributed by atoms with Crippen LogP contribution < -0.4 is 10.6 Å². The number of carbonyl (C=O) groups excluding carboxylic acids is 2. The Hall–Kier alpha value is -1.88. The first-order valence-corrected chi connectivity index (χ1v) is 7.34. The first-order valence-electron chi connectivity index (χ1n) is 7.34. The third-order valence-electron chi connectivity index (χ3n) is 4.04. The molecule has 0 radical (unpaired) electrons. The molecule has 0 spiro atoms. The number of amides is 2. The zero-order valence-corrected chi connectivity index (χ0v) is 12.6. The van der Waals surface area contributed by atoms with Gasteiger partial charge in [0.2, 0.25) is 11.8 Å². The summed E-state index contributed by atoms with van der Waals surface area (Å²) in [5.41, 5.74) is 1.08. The maximum Gasteiger partial charge on any atom is 0.242 e. The SMILES string of the molecule is CC(C(=O)NCC(=O)N(C)Cc1ccccc1)C1CNC1. The summed E-state index contributed by atoms with van der Waals surface area (Å²) in [5, 5.41) is 5.89. The molecular formula is C16H23N3O2. The van der Waals surface area contributed by atoms with Gasteiger partial charge < -0.3 is 15.5 Å². The van der Waals surface area contributed by atoms with Crippen LogP contribution in [-0.4, -0.2) is 43.4 Å². The fraction of sp³-hybridized carbons (Fsp3) is 0.500. The molecular weight excluding hydrogens is 266 g/mol. The van der Waals surface area contributed by atoms with Crippen LogP contribution in [0.25, 0.3) is 0 Å². The summed E-state index contributed by atoms with van der Waals surface area (Å²) in [5.74, 6) is 0.231. The Kier molecular flexibility index (Phi) is 5.33. The molecule has 1 aromatic carbocycles. The van der Waals surface area contributed by atoms with Gasteiger partial charge in [0, 0.05) is 19.5 Å². The summed E-state index contributed by atoms with van der Waals surface area (Å²) in [6.45, 7) is 4.30. The Balaban J connectivity index is 1.74. The fourth-order valence-electron chi connectivity index (χ4n) is 2.28. The van der Waals surface area contributed by atoms with Crippen LogP contribution >= 0.6 is 0 Å². The lowest BCUT2D eigenvalue weighted by atomic mass is 9.88. The van der Waals surface area contributed by atoms with Crippen LogP contribution in [0.3, 0.4) is 0 Å². The van der Waals surface area contributed by atoms with Crippen LogP contribution in [-0.2, 0) is 16.1 Å². The first kappa shape index (κ1) is 15.5. The van der Waals surface area contributed by atoms with Crippen LogP contribution in [0.1, 0.15) is 12.5 Å². The second kappa shape index (κ2) is 7.22. The first-order chi connectivity index (χ1) is 10.1. The highest BCUT2D eigenvalue weighted by molar-refractivity contribution is 5.85. The van der Waals surface area contributed by atoms with Crippen molar-refractivity contribution in [2.45, 2.75) is 13.5 Å². The van der Waals surface area contributed by atoms with Gasteiger partial charge >= 0.3 is 0 Å². The average molecular weight is 289 g/mol. The van der Waals surface area contributed by atoms with E-state index in [0.717, 1.165) is 18.7 Å². The maximum atomic E-state index is 12.0. The monoisotopic (exact) mass is 289 g/mol. The van der Waals surface area contributed by atoms with E-state index in [1.807, 2.05) is 37.3 Å². The molecule has 0 bridgehead atoms. The van der Waals surface area contributed by atoms with Crippen LogP contribution in [0.4, 0.5) is 0 Å². The van der Waals surface area contributed by atoms with Gasteiger partial charge in [-0.1, -0.05) is 37.3 Å². The molecule has 2 rings (SSSR count). The quantitative estimate of drug-likeness (QED) is 0.807. The van der Waals surface area contributed by atoms with E-state index >= 15 is 0 Å². The van der Waals surface area contributed by atoms with Gasteiger partial charge in [-0.05, 0) is 24.6 Å². The predicted octanol–water partition coefficient (Wildman–Crippen LogP) is 0.617. The third kappa shape index (κ3) is 4.29. The summed E-state index contributed by atoms with van der Waals surface area (Å²) < 4.78 is 0. The van der Waals surface area contributed by atoms with Crippen molar-refractivity contribution in [1.82, 2.24) is 15.5 Å². The number of rotatable bonds is 6. The summed E-state index contributed by atoms with van der Waals surface area (Å²) in [6, 6.07) is 9.80. The number of hydrogen-bond acceptors (Lipinski definition) is 3. The molecule has 21 heavy (non-hydrogen) atoms. The minimum Gasteiger partial charge on any atom is -0.347 e. The molecule has 1 aliphatic rings. The van der Waals surface area contributed by atoms with E-state index < -0.39 is 0 Å². The summed E-state index contributed by atoms with van der Waals surface area (Å²) in [7, 11) is 1.75. The van der Waals surface area contributed by atoms with Crippen LogP contribution in [0.15, 0.2) is 30.3 Å². The van der Waals surface area contributed by atoms with Gasteiger partial charge in [-0.15, -0.1) is 0 Å². The van der Waals surface area contributed by atoms with Crippen molar-refractivity contribution in [2.75, 3.05) is 26.7 Å². The smallest absolute Gasteiger partial charge is 0.242 e. The average Bonchev–Trinajstić information content (AvgIpc) is 2.43. The lowest BCUT2D eigenvalue weighted by Gasteiger charge is -2.31. The van der Waals surface area contributed by atoms with Crippen LogP contribution in [0.2, 0.25) is 0 Å². The molecule has 1 aliphatic heterocycles. The molecule has 0 aromatic heterocycles. The number of likely N-dealkylation sites (N-methyl/N-ethyl adjacent to an activating group) is 1.